The summed E-state index contributed by atoms with van der Waals surface area (Å²) in [6.07, 6.45) is 96.1. The molecule has 1 unspecified atom stereocenters. The molecule has 0 spiro atoms. The maximum Gasteiger partial charge on any atom is 0.306 e. The van der Waals surface area contributed by atoms with Crippen LogP contribution in [0.5, 0.6) is 0 Å². The lowest BCUT2D eigenvalue weighted by molar-refractivity contribution is -0.167. The van der Waals surface area contributed by atoms with Crippen molar-refractivity contribution in [2.75, 3.05) is 13.2 Å². The van der Waals surface area contributed by atoms with Crippen molar-refractivity contribution in [2.24, 2.45) is 0 Å². The van der Waals surface area contributed by atoms with E-state index < -0.39 is 6.10 Å². The highest BCUT2D eigenvalue weighted by atomic mass is 16.6. The van der Waals surface area contributed by atoms with Gasteiger partial charge in [-0.2, -0.15) is 0 Å². The van der Waals surface area contributed by atoms with E-state index in [-0.39, 0.29) is 31.1 Å². The molecule has 0 rings (SSSR count). The molecule has 0 radical (unpaired) electrons. The third-order valence-corrected chi connectivity index (χ3v) is 14.1. The Morgan fingerprint density at radius 2 is 0.494 bits per heavy atom. The van der Waals surface area contributed by atoms with Crippen molar-refractivity contribution in [3.63, 3.8) is 0 Å². The van der Waals surface area contributed by atoms with E-state index in [2.05, 4.69) is 154 Å². The Bertz CT molecular complexity index is 1720. The summed E-state index contributed by atoms with van der Waals surface area (Å²) in [7, 11) is 0. The highest BCUT2D eigenvalue weighted by molar-refractivity contribution is 5.71. The van der Waals surface area contributed by atoms with Crippen molar-refractivity contribution in [1.29, 1.82) is 0 Å². The third-order valence-electron chi connectivity index (χ3n) is 14.1. The summed E-state index contributed by atoms with van der Waals surface area (Å²) in [4.78, 5) is 38.3. The summed E-state index contributed by atoms with van der Waals surface area (Å²) < 4.78 is 16.9. The molecule has 0 saturated heterocycles. The van der Waals surface area contributed by atoms with Gasteiger partial charge in [-0.05, 0) is 135 Å². The number of hydrogen-bond acceptors (Lipinski definition) is 6. The smallest absolute Gasteiger partial charge is 0.306 e. The first-order valence-corrected chi connectivity index (χ1v) is 33.7. The first-order chi connectivity index (χ1) is 40.0. The molecule has 0 N–H and O–H groups in total. The van der Waals surface area contributed by atoms with Gasteiger partial charge in [-0.25, -0.2) is 0 Å². The molecule has 0 amide bonds. The Balaban J connectivity index is 4.35. The molecule has 0 aliphatic heterocycles. The van der Waals surface area contributed by atoms with Gasteiger partial charge in [-0.1, -0.05) is 283 Å². The van der Waals surface area contributed by atoms with Gasteiger partial charge in [-0.15, -0.1) is 0 Å². The summed E-state index contributed by atoms with van der Waals surface area (Å²) in [6.45, 7) is 6.46. The number of unbranched alkanes of at least 4 members (excludes halogenated alkanes) is 27. The van der Waals surface area contributed by atoms with Crippen molar-refractivity contribution in [2.45, 2.75) is 309 Å². The van der Waals surface area contributed by atoms with Crippen LogP contribution < -0.4 is 0 Å². The topological polar surface area (TPSA) is 78.9 Å². The number of rotatable bonds is 60. The lowest BCUT2D eigenvalue weighted by Crippen LogP contribution is -2.30. The predicted octanol–water partition coefficient (Wildman–Crippen LogP) is 23.3. The Morgan fingerprint density at radius 1 is 0.259 bits per heavy atom. The van der Waals surface area contributed by atoms with Crippen LogP contribution in [0, 0.1) is 0 Å². The number of esters is 3. The maximum absolute atomic E-state index is 12.9. The van der Waals surface area contributed by atoms with Gasteiger partial charge in [0.25, 0.3) is 0 Å². The van der Waals surface area contributed by atoms with Gasteiger partial charge in [0.15, 0.2) is 6.10 Å². The Morgan fingerprint density at radius 3 is 0.815 bits per heavy atom. The van der Waals surface area contributed by atoms with Crippen molar-refractivity contribution in [3.8, 4) is 0 Å². The second-order valence-corrected chi connectivity index (χ2v) is 22.0. The second kappa shape index (κ2) is 68.1. The Kier molecular flexibility index (Phi) is 64.3. The number of ether oxygens (including phenoxy) is 3. The molecular formula is C75H124O6. The van der Waals surface area contributed by atoms with Crippen molar-refractivity contribution in [1.82, 2.24) is 0 Å². The molecule has 0 bridgehead atoms. The number of allylic oxidation sites excluding steroid dienone is 22. The van der Waals surface area contributed by atoms with Gasteiger partial charge in [0.05, 0.1) is 0 Å². The van der Waals surface area contributed by atoms with Crippen molar-refractivity contribution < 1.29 is 28.6 Å². The predicted molar refractivity (Wildman–Crippen MR) is 353 cm³/mol. The minimum Gasteiger partial charge on any atom is -0.462 e. The molecule has 1 atom stereocenters. The van der Waals surface area contributed by atoms with Crippen LogP contribution in [-0.2, 0) is 28.6 Å². The second-order valence-electron chi connectivity index (χ2n) is 22.0. The van der Waals surface area contributed by atoms with Gasteiger partial charge in [0.1, 0.15) is 13.2 Å². The van der Waals surface area contributed by atoms with E-state index in [9.17, 15) is 14.4 Å². The zero-order valence-electron chi connectivity index (χ0n) is 52.8. The first kappa shape index (κ1) is 76.5. The van der Waals surface area contributed by atoms with Crippen LogP contribution in [0.25, 0.3) is 0 Å². The molecule has 0 aromatic heterocycles. The van der Waals surface area contributed by atoms with E-state index in [1.807, 2.05) is 0 Å². The highest BCUT2D eigenvalue weighted by Crippen LogP contribution is 2.15. The molecule has 6 nitrogen and oxygen atoms in total. The zero-order valence-corrected chi connectivity index (χ0v) is 52.8. The fraction of sp³-hybridized carbons (Fsp3) is 0.667. The normalized spacial score (nSPS) is 13.0. The summed E-state index contributed by atoms with van der Waals surface area (Å²) in [5, 5.41) is 0. The van der Waals surface area contributed by atoms with Gasteiger partial charge in [0, 0.05) is 19.3 Å². The molecule has 0 aliphatic carbocycles. The van der Waals surface area contributed by atoms with E-state index in [1.165, 1.54) is 128 Å². The molecule has 0 aromatic carbocycles. The number of carbonyl (C=O) groups is 3. The summed E-state index contributed by atoms with van der Waals surface area (Å²) in [5.41, 5.74) is 0. The van der Waals surface area contributed by atoms with E-state index in [4.69, 9.17) is 14.2 Å². The molecule has 0 aromatic rings. The first-order valence-electron chi connectivity index (χ1n) is 33.7. The SMILES string of the molecule is CC/C=C\C/C=C\C/C=C\C/C=C\C/C=C\C/C=C\C/C=C\C/C=C\C/C=C\CCCCCC(=O)OCC(COC(=O)CCCCCCC/C=C\CCCC)OC(=O)CCCCCCCCCCC/C=C\CCCCCCCCCC. The van der Waals surface area contributed by atoms with Gasteiger partial charge < -0.3 is 14.2 Å². The molecule has 81 heavy (non-hydrogen) atoms. The summed E-state index contributed by atoms with van der Waals surface area (Å²) >= 11 is 0. The van der Waals surface area contributed by atoms with Crippen molar-refractivity contribution >= 4 is 17.9 Å². The van der Waals surface area contributed by atoms with Crippen LogP contribution in [0.4, 0.5) is 0 Å². The zero-order chi connectivity index (χ0) is 58.5. The lowest BCUT2D eigenvalue weighted by Gasteiger charge is -2.18. The maximum atomic E-state index is 12.9. The summed E-state index contributed by atoms with van der Waals surface area (Å²) in [5.74, 6) is -0.938. The molecule has 0 heterocycles. The fourth-order valence-electron chi connectivity index (χ4n) is 9.06. The molecule has 0 fully saturated rings. The Hall–Kier alpha value is -4.45. The molecule has 0 saturated carbocycles. The van der Waals surface area contributed by atoms with E-state index in [0.29, 0.717) is 19.3 Å². The van der Waals surface area contributed by atoms with Crippen LogP contribution in [-0.4, -0.2) is 37.2 Å². The molecule has 6 heteroatoms. The van der Waals surface area contributed by atoms with E-state index in [0.717, 1.165) is 135 Å². The summed E-state index contributed by atoms with van der Waals surface area (Å²) in [6, 6.07) is 0. The molecular weight excluding hydrogens is 997 g/mol. The van der Waals surface area contributed by atoms with Crippen molar-refractivity contribution in [3.05, 3.63) is 134 Å². The van der Waals surface area contributed by atoms with Gasteiger partial charge in [-0.3, -0.25) is 14.4 Å². The van der Waals surface area contributed by atoms with Crippen LogP contribution in [0.15, 0.2) is 134 Å². The molecule has 0 aliphatic rings. The average Bonchev–Trinajstić information content (AvgIpc) is 3.47. The quantitative estimate of drug-likeness (QED) is 0.0261. The average molecular weight is 1120 g/mol. The fourth-order valence-corrected chi connectivity index (χ4v) is 9.06. The largest absolute Gasteiger partial charge is 0.462 e. The number of carbonyl (C=O) groups excluding carboxylic acids is 3. The highest BCUT2D eigenvalue weighted by Gasteiger charge is 2.19. The minimum absolute atomic E-state index is 0.0961. The van der Waals surface area contributed by atoms with Crippen LogP contribution in [0.2, 0.25) is 0 Å². The monoisotopic (exact) mass is 1120 g/mol. The molecule has 460 valence electrons. The van der Waals surface area contributed by atoms with Crippen LogP contribution >= 0.6 is 0 Å². The van der Waals surface area contributed by atoms with Crippen LogP contribution in [0.3, 0.4) is 0 Å². The van der Waals surface area contributed by atoms with Gasteiger partial charge in [0.2, 0.25) is 0 Å². The number of hydrogen-bond donors (Lipinski definition) is 0. The van der Waals surface area contributed by atoms with E-state index in [1.54, 1.807) is 0 Å². The third kappa shape index (κ3) is 66.2. The lowest BCUT2D eigenvalue weighted by atomic mass is 10.1. The van der Waals surface area contributed by atoms with Crippen LogP contribution in [0.1, 0.15) is 303 Å². The Labute approximate surface area is 500 Å². The standard InChI is InChI=1S/C75H124O6/c1-4-7-10-13-16-19-22-24-26-28-30-32-33-34-35-36-37-38-39-40-41-43-44-46-48-50-53-56-59-62-65-68-74(77)80-71-72(70-79-73(76)67-64-61-58-55-52-21-18-15-12-9-6-3)81-75(78)69-66-63-60-57-54-51-49-47-45-42-31-29-27-25-23-20-17-14-11-8-5-2/h7,10,15-16,18-19,24,26,29-32,34-35,37-38,40-41,44,46,50,53,72H,4-6,8-9,11-14,17,20-23,25,27-28,33,36,39,42-43,45,47-49,51-52,54-71H2,1-3H3/b10-7-,18-15-,19-16-,26-24-,31-29-,32-30-,35-34-,38-37-,41-40-,46-44-,53-50-. The van der Waals surface area contributed by atoms with Gasteiger partial charge >= 0.3 is 17.9 Å². The minimum atomic E-state index is -0.801. The van der Waals surface area contributed by atoms with E-state index >= 15 is 0 Å².